The fraction of sp³-hybridized carbons (Fsp3) is 0. The molecule has 6 nitrogen and oxygen atoms in total. The first kappa shape index (κ1) is 10.2. The number of aliphatic imine (C=N–C) groups is 1. The molecule has 0 spiro atoms. The molecule has 0 aliphatic rings. The minimum absolute atomic E-state index is 0.0922. The van der Waals surface area contributed by atoms with E-state index in [1.807, 2.05) is 0 Å². The van der Waals surface area contributed by atoms with Crippen molar-refractivity contribution in [1.82, 2.24) is 0 Å². The van der Waals surface area contributed by atoms with Crippen molar-refractivity contribution in [1.29, 1.82) is 0 Å². The summed E-state index contributed by atoms with van der Waals surface area (Å²) in [5, 5.41) is 0. The number of benzene rings is 1. The van der Waals surface area contributed by atoms with Crippen LogP contribution in [0.5, 0.6) is 0 Å². The number of hydrogen-bond acceptors (Lipinski definition) is 4. The molecule has 0 aliphatic heterocycles. The van der Waals surface area contributed by atoms with Crippen LogP contribution in [0.15, 0.2) is 33.6 Å². The molecule has 1 rings (SSSR count). The molecular formula is C7H8N4O2S. The molecule has 0 aliphatic carbocycles. The summed E-state index contributed by atoms with van der Waals surface area (Å²) in [5.41, 5.74) is 11.0. The smallest absolute Gasteiger partial charge is 0.316 e. The summed E-state index contributed by atoms with van der Waals surface area (Å²) < 4.78 is 23.8. The van der Waals surface area contributed by atoms with Gasteiger partial charge in [0.1, 0.15) is 0 Å². The van der Waals surface area contributed by atoms with Crippen LogP contribution in [0.25, 0.3) is 0 Å². The molecule has 0 radical (unpaired) electrons. The zero-order valence-electron chi connectivity index (χ0n) is 7.08. The third-order valence-electron chi connectivity index (χ3n) is 1.27. The quantitative estimate of drug-likeness (QED) is 0.541. The van der Waals surface area contributed by atoms with Gasteiger partial charge in [0, 0.05) is 0 Å². The molecular weight excluding hydrogens is 204 g/mol. The summed E-state index contributed by atoms with van der Waals surface area (Å²) in [6, 6.07) is 6.22. The third kappa shape index (κ3) is 3.23. The third-order valence-corrected chi connectivity index (χ3v) is 1.63. The van der Waals surface area contributed by atoms with E-state index in [4.69, 9.17) is 11.5 Å². The second-order valence-corrected chi connectivity index (χ2v) is 2.98. The normalized spacial score (nSPS) is 9.14. The molecule has 4 N–H and O–H groups in total. The van der Waals surface area contributed by atoms with E-state index < -0.39 is 10.5 Å². The summed E-state index contributed by atoms with van der Waals surface area (Å²) in [4.78, 5) is 3.74. The molecule has 0 bridgehead atoms. The van der Waals surface area contributed by atoms with Crippen molar-refractivity contribution >= 4 is 27.8 Å². The number of rotatable bonds is 2. The van der Waals surface area contributed by atoms with Gasteiger partial charge in [-0.2, -0.15) is 8.42 Å². The molecule has 1 aromatic carbocycles. The number of guanidine groups is 1. The van der Waals surface area contributed by atoms with Gasteiger partial charge in [-0.3, -0.25) is 0 Å². The average molecular weight is 212 g/mol. The van der Waals surface area contributed by atoms with Gasteiger partial charge in [0.05, 0.1) is 11.4 Å². The van der Waals surface area contributed by atoms with Crippen molar-refractivity contribution in [3.8, 4) is 0 Å². The largest absolute Gasteiger partial charge is 0.370 e. The Bertz CT molecular complexity index is 480. The predicted octanol–water partition coefficient (Wildman–Crippen LogP) is 0.286. The Morgan fingerprint density at radius 3 is 2.43 bits per heavy atom. The Balaban J connectivity index is 3.14. The minimum Gasteiger partial charge on any atom is -0.370 e. The van der Waals surface area contributed by atoms with Crippen LogP contribution >= 0.6 is 0 Å². The summed E-state index contributed by atoms with van der Waals surface area (Å²) in [7, 11) is -2.47. The van der Waals surface area contributed by atoms with Gasteiger partial charge in [0.25, 0.3) is 0 Å². The second-order valence-electron chi connectivity index (χ2n) is 2.36. The van der Waals surface area contributed by atoms with Gasteiger partial charge < -0.3 is 11.5 Å². The lowest BCUT2D eigenvalue weighted by Gasteiger charge is -1.94. The molecule has 0 saturated carbocycles. The van der Waals surface area contributed by atoms with Crippen molar-refractivity contribution in [2.24, 2.45) is 20.8 Å². The summed E-state index contributed by atoms with van der Waals surface area (Å²) >= 11 is 0. The van der Waals surface area contributed by atoms with Crippen molar-refractivity contribution < 1.29 is 8.42 Å². The minimum atomic E-state index is -2.47. The fourth-order valence-corrected chi connectivity index (χ4v) is 1.14. The highest BCUT2D eigenvalue weighted by Crippen LogP contribution is 2.19. The first-order chi connectivity index (χ1) is 6.58. The van der Waals surface area contributed by atoms with Crippen molar-refractivity contribution in [3.63, 3.8) is 0 Å². The lowest BCUT2D eigenvalue weighted by atomic mass is 10.3. The topological polar surface area (TPSA) is 111 Å². The SMILES string of the molecule is NC(N)=Nc1cccc(N=S(=O)=O)c1. The number of nitrogens with zero attached hydrogens (tertiary/aromatic N) is 2. The molecule has 74 valence electrons. The van der Waals surface area contributed by atoms with Gasteiger partial charge in [-0.25, -0.2) is 4.99 Å². The zero-order valence-corrected chi connectivity index (χ0v) is 7.90. The van der Waals surface area contributed by atoms with Gasteiger partial charge in [-0.05, 0) is 18.2 Å². The molecule has 14 heavy (non-hydrogen) atoms. The van der Waals surface area contributed by atoms with E-state index >= 15 is 0 Å². The monoisotopic (exact) mass is 212 g/mol. The Labute approximate surface area is 82.0 Å². The zero-order chi connectivity index (χ0) is 10.6. The molecule has 0 saturated heterocycles. The summed E-state index contributed by atoms with van der Waals surface area (Å²) in [6.07, 6.45) is 0. The fourth-order valence-electron chi connectivity index (χ4n) is 0.854. The lowest BCUT2D eigenvalue weighted by Crippen LogP contribution is -2.21. The maximum absolute atomic E-state index is 10.3. The second kappa shape index (κ2) is 4.38. The molecule has 0 heterocycles. The van der Waals surface area contributed by atoms with Crippen LogP contribution in [-0.4, -0.2) is 14.4 Å². The Kier molecular flexibility index (Phi) is 3.19. The molecule has 0 unspecified atom stereocenters. The van der Waals surface area contributed by atoms with Crippen LogP contribution in [0, 0.1) is 0 Å². The van der Waals surface area contributed by atoms with E-state index in [0.29, 0.717) is 5.69 Å². The standard InChI is InChI=1S/C7H8N4O2S/c8-7(9)10-5-2-1-3-6(4-5)11-14(12)13/h1-4H,(H4,8,9,10). The van der Waals surface area contributed by atoms with E-state index in [0.717, 1.165) is 0 Å². The van der Waals surface area contributed by atoms with Crippen LogP contribution < -0.4 is 11.5 Å². The number of nitrogens with two attached hydrogens (primary N) is 2. The van der Waals surface area contributed by atoms with Crippen molar-refractivity contribution in [3.05, 3.63) is 24.3 Å². The Hall–Kier alpha value is -1.89. The highest BCUT2D eigenvalue weighted by atomic mass is 32.2. The van der Waals surface area contributed by atoms with Gasteiger partial charge in [-0.15, -0.1) is 4.36 Å². The molecule has 0 amide bonds. The summed E-state index contributed by atoms with van der Waals surface area (Å²) in [6.45, 7) is 0. The highest BCUT2D eigenvalue weighted by Gasteiger charge is 1.93. The Morgan fingerprint density at radius 2 is 1.86 bits per heavy atom. The molecule has 0 atom stereocenters. The van der Waals surface area contributed by atoms with Crippen molar-refractivity contribution in [2.75, 3.05) is 0 Å². The molecule has 1 aromatic rings. The van der Waals surface area contributed by atoms with Crippen LogP contribution in [0.4, 0.5) is 11.4 Å². The summed E-state index contributed by atoms with van der Waals surface area (Å²) in [5.74, 6) is -0.0922. The molecule has 7 heteroatoms. The molecule has 0 aromatic heterocycles. The van der Waals surface area contributed by atoms with Crippen LogP contribution in [0.1, 0.15) is 0 Å². The highest BCUT2D eigenvalue weighted by molar-refractivity contribution is 7.61. The van der Waals surface area contributed by atoms with Crippen LogP contribution in [0.2, 0.25) is 0 Å². The first-order valence-electron chi connectivity index (χ1n) is 3.59. The van der Waals surface area contributed by atoms with Gasteiger partial charge >= 0.3 is 10.5 Å². The van der Waals surface area contributed by atoms with E-state index in [-0.39, 0.29) is 11.6 Å². The maximum atomic E-state index is 10.3. The Morgan fingerprint density at radius 1 is 1.21 bits per heavy atom. The van der Waals surface area contributed by atoms with Crippen molar-refractivity contribution in [2.45, 2.75) is 0 Å². The van der Waals surface area contributed by atoms with Crippen LogP contribution in [-0.2, 0) is 10.5 Å². The van der Waals surface area contributed by atoms with Gasteiger partial charge in [0.15, 0.2) is 5.96 Å². The van der Waals surface area contributed by atoms with E-state index in [9.17, 15) is 8.42 Å². The maximum Gasteiger partial charge on any atom is 0.316 e. The predicted molar refractivity (Wildman–Crippen MR) is 52.9 cm³/mol. The lowest BCUT2D eigenvalue weighted by molar-refractivity contribution is 0.622. The van der Waals surface area contributed by atoms with Gasteiger partial charge in [0.2, 0.25) is 0 Å². The van der Waals surface area contributed by atoms with E-state index in [1.54, 1.807) is 12.1 Å². The molecule has 0 fully saturated rings. The van der Waals surface area contributed by atoms with Crippen LogP contribution in [0.3, 0.4) is 0 Å². The number of hydrogen-bond donors (Lipinski definition) is 2. The van der Waals surface area contributed by atoms with E-state index in [2.05, 4.69) is 9.36 Å². The average Bonchev–Trinajstić information content (AvgIpc) is 2.01. The van der Waals surface area contributed by atoms with Gasteiger partial charge in [-0.1, -0.05) is 6.07 Å². The van der Waals surface area contributed by atoms with E-state index in [1.165, 1.54) is 12.1 Å². The first-order valence-corrected chi connectivity index (χ1v) is 4.62.